The molecule has 6 nitrogen and oxygen atoms in total. The molecule has 1 N–H and O–H groups in total. The number of fused-ring (bicyclic) bond motifs is 2. The summed E-state index contributed by atoms with van der Waals surface area (Å²) >= 11 is 3.18. The van der Waals surface area contributed by atoms with Crippen LogP contribution in [0.1, 0.15) is 15.3 Å². The van der Waals surface area contributed by atoms with Crippen LogP contribution in [0.4, 0.5) is 17.1 Å². The van der Waals surface area contributed by atoms with E-state index in [2.05, 4.69) is 59.5 Å². The lowest BCUT2D eigenvalue weighted by Crippen LogP contribution is -2.09. The van der Waals surface area contributed by atoms with Crippen LogP contribution < -0.4 is 14.4 Å². The van der Waals surface area contributed by atoms with Gasteiger partial charge in [0, 0.05) is 36.2 Å². The molecule has 0 aliphatic rings. The van der Waals surface area contributed by atoms with Crippen LogP contribution >= 0.6 is 22.7 Å². The van der Waals surface area contributed by atoms with Crippen molar-refractivity contribution in [1.82, 2.24) is 0 Å². The van der Waals surface area contributed by atoms with E-state index in [1.165, 1.54) is 17.4 Å². The molecule has 0 saturated heterocycles. The molecule has 2 heterocycles. The van der Waals surface area contributed by atoms with Crippen molar-refractivity contribution in [1.29, 1.82) is 5.26 Å². The maximum Gasteiger partial charge on any atom is 0.346 e. The van der Waals surface area contributed by atoms with Crippen LogP contribution in [0.15, 0.2) is 103 Å². The van der Waals surface area contributed by atoms with Crippen molar-refractivity contribution >= 4 is 84.1 Å². The summed E-state index contributed by atoms with van der Waals surface area (Å²) in [6, 6.07) is 34.5. The Kier molecular flexibility index (Phi) is 8.15. The first-order chi connectivity index (χ1) is 21.4. The first-order valence-corrected chi connectivity index (χ1v) is 15.3. The number of carboxylic acid groups (broad SMARTS) is 1. The number of aliphatic carboxylic acids is 1. The van der Waals surface area contributed by atoms with E-state index in [1.807, 2.05) is 54.6 Å². The molecule has 44 heavy (non-hydrogen) atoms. The van der Waals surface area contributed by atoms with Gasteiger partial charge in [0.1, 0.15) is 23.1 Å². The van der Waals surface area contributed by atoms with Gasteiger partial charge in [-0.15, -0.1) is 22.7 Å². The molecule has 0 radical (unpaired) electrons. The van der Waals surface area contributed by atoms with Gasteiger partial charge in [0.2, 0.25) is 0 Å². The molecular formula is C36H26N2O4S2. The molecule has 0 fully saturated rings. The first kappa shape index (κ1) is 28.7. The molecule has 6 aromatic rings. The average Bonchev–Trinajstić information content (AvgIpc) is 3.64. The highest BCUT2D eigenvalue weighted by molar-refractivity contribution is 7.21. The first-order valence-electron chi connectivity index (χ1n) is 13.6. The number of carbonyl (C=O) groups is 1. The molecule has 8 heteroatoms. The van der Waals surface area contributed by atoms with Gasteiger partial charge in [-0.05, 0) is 113 Å². The Morgan fingerprint density at radius 1 is 0.727 bits per heavy atom. The molecule has 4 aromatic carbocycles. The number of benzene rings is 4. The van der Waals surface area contributed by atoms with E-state index in [0.29, 0.717) is 0 Å². The third-order valence-corrected chi connectivity index (χ3v) is 9.19. The molecule has 0 unspecified atom stereocenters. The molecule has 0 atom stereocenters. The molecule has 6 rings (SSSR count). The summed E-state index contributed by atoms with van der Waals surface area (Å²) in [6.45, 7) is 0. The number of carboxylic acids is 1. The van der Waals surface area contributed by atoms with Crippen molar-refractivity contribution in [3.05, 3.63) is 118 Å². The van der Waals surface area contributed by atoms with Gasteiger partial charge in [-0.2, -0.15) is 5.26 Å². The van der Waals surface area contributed by atoms with E-state index in [0.717, 1.165) is 64.1 Å². The molecule has 0 aliphatic carbocycles. The highest BCUT2D eigenvalue weighted by Crippen LogP contribution is 2.37. The molecule has 0 amide bonds. The van der Waals surface area contributed by atoms with Gasteiger partial charge in [0.25, 0.3) is 0 Å². The fourth-order valence-corrected chi connectivity index (χ4v) is 6.91. The fourth-order valence-electron chi connectivity index (χ4n) is 4.87. The zero-order valence-electron chi connectivity index (χ0n) is 23.9. The van der Waals surface area contributed by atoms with Gasteiger partial charge < -0.3 is 19.5 Å². The fraction of sp³-hybridized carbons (Fsp3) is 0.0556. The van der Waals surface area contributed by atoms with E-state index in [9.17, 15) is 4.79 Å². The van der Waals surface area contributed by atoms with Gasteiger partial charge >= 0.3 is 5.97 Å². The van der Waals surface area contributed by atoms with Crippen molar-refractivity contribution in [2.24, 2.45) is 0 Å². The summed E-state index contributed by atoms with van der Waals surface area (Å²) in [4.78, 5) is 15.3. The SMILES string of the molecule is COc1ccc(N(c2ccc(/C=C/c3cc4cc5sc(/C=C(/C#N)C(=O)O)cc5cc4s3)cc2)c2ccc(OC)cc2)cc1. The summed E-state index contributed by atoms with van der Waals surface area (Å²) in [5.74, 6) is 0.387. The standard InChI is InChI=1S/C36H26N2O4S2/c1-41-30-12-8-28(9-13-30)38(29-10-14-31(42-2)15-11-29)27-6-3-23(4-7-27)5-16-32-17-24-20-35-25(21-34(24)43-32)18-33(44-35)19-26(22-37)36(39)40/h3-21H,1-2H3,(H,39,40)/b16-5+,26-19-. The normalized spacial score (nSPS) is 11.6. The largest absolute Gasteiger partial charge is 0.497 e. The molecule has 216 valence electrons. The molecule has 0 bridgehead atoms. The van der Waals surface area contributed by atoms with E-state index in [-0.39, 0.29) is 5.57 Å². The lowest BCUT2D eigenvalue weighted by molar-refractivity contribution is -0.132. The molecule has 2 aromatic heterocycles. The smallest absolute Gasteiger partial charge is 0.346 e. The van der Waals surface area contributed by atoms with E-state index in [1.54, 1.807) is 31.6 Å². The van der Waals surface area contributed by atoms with Crippen LogP contribution in [0, 0.1) is 11.3 Å². The molecule has 0 saturated carbocycles. The average molecular weight is 615 g/mol. The minimum absolute atomic E-state index is 0.270. The Hall–Kier alpha value is -5.36. The van der Waals surface area contributed by atoms with E-state index in [4.69, 9.17) is 19.8 Å². The second-order valence-electron chi connectivity index (χ2n) is 9.86. The quantitative estimate of drug-likeness (QED) is 0.129. The van der Waals surface area contributed by atoms with Crippen LogP contribution in [0.3, 0.4) is 0 Å². The Morgan fingerprint density at radius 3 is 1.68 bits per heavy atom. The third-order valence-electron chi connectivity index (χ3n) is 7.08. The topological polar surface area (TPSA) is 82.8 Å². The lowest BCUT2D eigenvalue weighted by atomic mass is 10.1. The Balaban J connectivity index is 1.24. The van der Waals surface area contributed by atoms with Crippen LogP contribution in [-0.4, -0.2) is 25.3 Å². The van der Waals surface area contributed by atoms with Gasteiger partial charge in [-0.3, -0.25) is 0 Å². The Labute approximate surface area is 262 Å². The molecular weight excluding hydrogens is 589 g/mol. The van der Waals surface area contributed by atoms with E-state index >= 15 is 0 Å². The third kappa shape index (κ3) is 6.06. The maximum atomic E-state index is 11.2. The Morgan fingerprint density at radius 2 is 1.20 bits per heavy atom. The van der Waals surface area contributed by atoms with Crippen molar-refractivity contribution in [3.63, 3.8) is 0 Å². The monoisotopic (exact) mass is 614 g/mol. The number of nitrogens with zero attached hydrogens (tertiary/aromatic N) is 2. The summed E-state index contributed by atoms with van der Waals surface area (Å²) in [5.41, 5.74) is 3.87. The van der Waals surface area contributed by atoms with Crippen LogP contribution in [0.25, 0.3) is 38.4 Å². The predicted molar refractivity (Wildman–Crippen MR) is 182 cm³/mol. The van der Waals surface area contributed by atoms with E-state index < -0.39 is 5.97 Å². The number of methoxy groups -OCH3 is 2. The second-order valence-corrected chi connectivity index (χ2v) is 12.1. The number of thiophene rings is 2. The van der Waals surface area contributed by atoms with Gasteiger partial charge in [0.15, 0.2) is 0 Å². The van der Waals surface area contributed by atoms with Gasteiger partial charge in [-0.25, -0.2) is 4.79 Å². The predicted octanol–water partition coefficient (Wildman–Crippen LogP) is 9.76. The number of hydrogen-bond acceptors (Lipinski definition) is 7. The second kappa shape index (κ2) is 12.5. The molecule has 0 aliphatic heterocycles. The van der Waals surface area contributed by atoms with Gasteiger partial charge in [-0.1, -0.05) is 18.2 Å². The van der Waals surface area contributed by atoms with Crippen molar-refractivity contribution < 1.29 is 19.4 Å². The van der Waals surface area contributed by atoms with Crippen LogP contribution in [0.2, 0.25) is 0 Å². The van der Waals surface area contributed by atoms with Gasteiger partial charge in [0.05, 0.1) is 14.2 Å². The summed E-state index contributed by atoms with van der Waals surface area (Å²) in [7, 11) is 3.33. The van der Waals surface area contributed by atoms with Crippen molar-refractivity contribution in [3.8, 4) is 17.6 Å². The van der Waals surface area contributed by atoms with Crippen molar-refractivity contribution in [2.45, 2.75) is 0 Å². The molecule has 0 spiro atoms. The highest BCUT2D eigenvalue weighted by Gasteiger charge is 2.13. The summed E-state index contributed by atoms with van der Waals surface area (Å²) in [6.07, 6.45) is 5.66. The maximum absolute atomic E-state index is 11.2. The number of nitriles is 1. The number of hydrogen-bond donors (Lipinski definition) is 1. The summed E-state index contributed by atoms with van der Waals surface area (Å²) < 4.78 is 12.9. The summed E-state index contributed by atoms with van der Waals surface area (Å²) in [5, 5.41) is 20.4. The van der Waals surface area contributed by atoms with Crippen molar-refractivity contribution in [2.75, 3.05) is 19.1 Å². The Bertz CT molecular complexity index is 1970. The zero-order chi connectivity index (χ0) is 30.6. The number of rotatable bonds is 9. The number of ether oxygens (including phenoxy) is 2. The lowest BCUT2D eigenvalue weighted by Gasteiger charge is -2.26. The number of anilines is 3. The van der Waals surface area contributed by atoms with Crippen LogP contribution in [0.5, 0.6) is 11.5 Å². The van der Waals surface area contributed by atoms with Crippen LogP contribution in [-0.2, 0) is 4.79 Å². The zero-order valence-corrected chi connectivity index (χ0v) is 25.5. The minimum atomic E-state index is -1.22. The minimum Gasteiger partial charge on any atom is -0.497 e. The highest BCUT2D eigenvalue weighted by atomic mass is 32.1.